The molecule has 0 atom stereocenters. The van der Waals surface area contributed by atoms with Crippen molar-refractivity contribution >= 4 is 23.1 Å². The molecule has 1 aliphatic rings. The zero-order valence-electron chi connectivity index (χ0n) is 23.8. The second-order valence-corrected chi connectivity index (χ2v) is 10.4. The van der Waals surface area contributed by atoms with Crippen molar-refractivity contribution in [3.8, 4) is 11.5 Å². The lowest BCUT2D eigenvalue weighted by atomic mass is 9.88. The van der Waals surface area contributed by atoms with Gasteiger partial charge in [0.1, 0.15) is 12.4 Å². The summed E-state index contributed by atoms with van der Waals surface area (Å²) in [6.45, 7) is 6.38. The number of carbonyl (C=O) groups is 1. The number of aromatic carboxylic acids is 1. The Hall–Kier alpha value is -4.72. The largest absolute Gasteiger partial charge is 0.490 e. The molecule has 3 aromatic carbocycles. The Labute approximate surface area is 245 Å². The molecule has 1 saturated carbocycles. The number of rotatable bonds is 11. The topological polar surface area (TPSA) is 103 Å². The summed E-state index contributed by atoms with van der Waals surface area (Å²) in [6, 6.07) is 17.8. The third kappa shape index (κ3) is 6.43. The monoisotopic (exact) mass is 565 g/mol. The van der Waals surface area contributed by atoms with Gasteiger partial charge in [-0.15, -0.1) is 6.58 Å². The Bertz CT molecular complexity index is 1680. The summed E-state index contributed by atoms with van der Waals surface area (Å²) < 4.78 is 13.6. The molecule has 0 radical (unpaired) electrons. The van der Waals surface area contributed by atoms with Crippen LogP contribution in [0.3, 0.4) is 0 Å². The van der Waals surface area contributed by atoms with E-state index in [0.717, 1.165) is 42.4 Å². The highest BCUT2D eigenvalue weighted by Gasteiger charge is 2.22. The molecule has 5 rings (SSSR count). The Morgan fingerprint density at radius 1 is 1.10 bits per heavy atom. The molecule has 0 amide bonds. The number of nitrogens with zero attached hydrogens (tertiary/aromatic N) is 3. The number of hydrogen-bond acceptors (Lipinski definition) is 6. The van der Waals surface area contributed by atoms with Crippen LogP contribution in [0, 0.1) is 0 Å². The van der Waals surface area contributed by atoms with Gasteiger partial charge >= 0.3 is 5.97 Å². The average Bonchev–Trinajstić information content (AvgIpc) is 3.01. The summed E-state index contributed by atoms with van der Waals surface area (Å²) in [6.07, 6.45) is 9.35. The highest BCUT2D eigenvalue weighted by molar-refractivity contribution is 5.87. The second kappa shape index (κ2) is 13.3. The Morgan fingerprint density at radius 3 is 2.67 bits per heavy atom. The number of para-hydroxylation sites is 1. The number of carboxylic acids is 1. The molecule has 1 N–H and O–H groups in total. The molecule has 216 valence electrons. The summed E-state index contributed by atoms with van der Waals surface area (Å²) in [5.41, 5.74) is 3.01. The van der Waals surface area contributed by atoms with E-state index in [1.807, 2.05) is 43.3 Å². The van der Waals surface area contributed by atoms with Crippen LogP contribution >= 0.6 is 0 Å². The van der Waals surface area contributed by atoms with E-state index in [0.29, 0.717) is 41.3 Å². The molecular formula is C34H35N3O5. The lowest BCUT2D eigenvalue weighted by Gasteiger charge is -2.22. The number of aromatic nitrogens is 2. The fourth-order valence-electron chi connectivity index (χ4n) is 5.44. The molecule has 0 saturated heterocycles. The number of ether oxygens (including phenoxy) is 2. The van der Waals surface area contributed by atoms with Gasteiger partial charge in [0.05, 0.1) is 29.3 Å². The van der Waals surface area contributed by atoms with Crippen molar-refractivity contribution in [3.05, 3.63) is 112 Å². The zero-order chi connectivity index (χ0) is 29.5. The highest BCUT2D eigenvalue weighted by Crippen LogP contribution is 2.35. The summed E-state index contributed by atoms with van der Waals surface area (Å²) in [7, 11) is 0. The van der Waals surface area contributed by atoms with Gasteiger partial charge in [0.2, 0.25) is 0 Å². The molecule has 1 fully saturated rings. The fourth-order valence-corrected chi connectivity index (χ4v) is 5.44. The predicted octanol–water partition coefficient (Wildman–Crippen LogP) is 6.73. The first kappa shape index (κ1) is 28.8. The van der Waals surface area contributed by atoms with Crippen molar-refractivity contribution in [1.29, 1.82) is 0 Å². The van der Waals surface area contributed by atoms with Gasteiger partial charge in [0.15, 0.2) is 11.5 Å². The smallest absolute Gasteiger partial charge is 0.335 e. The molecule has 4 aromatic rings. The van der Waals surface area contributed by atoms with Crippen LogP contribution in [-0.2, 0) is 13.0 Å². The van der Waals surface area contributed by atoms with Gasteiger partial charge in [-0.05, 0) is 73.7 Å². The Balaban J connectivity index is 1.52. The van der Waals surface area contributed by atoms with Crippen molar-refractivity contribution < 1.29 is 19.4 Å². The lowest BCUT2D eigenvalue weighted by Crippen LogP contribution is -2.25. The lowest BCUT2D eigenvalue weighted by molar-refractivity contribution is 0.0696. The molecule has 42 heavy (non-hydrogen) atoms. The van der Waals surface area contributed by atoms with Crippen LogP contribution in [0.5, 0.6) is 11.5 Å². The van der Waals surface area contributed by atoms with Gasteiger partial charge in [-0.2, -0.15) is 9.78 Å². The van der Waals surface area contributed by atoms with E-state index in [2.05, 4.69) is 6.58 Å². The molecule has 1 heterocycles. The third-order valence-electron chi connectivity index (χ3n) is 7.45. The Kier molecular flexibility index (Phi) is 9.12. The van der Waals surface area contributed by atoms with Crippen molar-refractivity contribution in [2.24, 2.45) is 5.10 Å². The summed E-state index contributed by atoms with van der Waals surface area (Å²) in [4.78, 5) is 29.9. The molecule has 8 heteroatoms. The van der Waals surface area contributed by atoms with Crippen LogP contribution < -0.4 is 15.0 Å². The first-order valence-corrected chi connectivity index (χ1v) is 14.4. The number of allylic oxidation sites excluding steroid dienone is 1. The number of fused-ring (bicyclic) bond motifs is 1. The highest BCUT2D eigenvalue weighted by atomic mass is 16.5. The van der Waals surface area contributed by atoms with Crippen molar-refractivity contribution in [1.82, 2.24) is 9.66 Å². The van der Waals surface area contributed by atoms with Crippen LogP contribution in [0.2, 0.25) is 0 Å². The molecule has 1 aliphatic carbocycles. The predicted molar refractivity (Wildman–Crippen MR) is 164 cm³/mol. The summed E-state index contributed by atoms with van der Waals surface area (Å²) in [5.74, 6) is 0.981. The van der Waals surface area contributed by atoms with Gasteiger partial charge in [-0.1, -0.05) is 49.6 Å². The molecule has 0 bridgehead atoms. The van der Waals surface area contributed by atoms with E-state index < -0.39 is 5.97 Å². The van der Waals surface area contributed by atoms with Gasteiger partial charge in [-0.25, -0.2) is 9.78 Å². The van der Waals surface area contributed by atoms with Crippen molar-refractivity contribution in [3.63, 3.8) is 0 Å². The SMILES string of the molecule is C=CCc1cc(C=Nn2c(C3CCCCC3)nc3ccccc3c2=O)cc(OCC)c1OCc1cccc(C(=O)O)c1. The first-order valence-electron chi connectivity index (χ1n) is 14.4. The second-order valence-electron chi connectivity index (χ2n) is 10.4. The number of hydrogen-bond donors (Lipinski definition) is 1. The van der Waals surface area contributed by atoms with Crippen molar-refractivity contribution in [2.75, 3.05) is 6.61 Å². The quantitative estimate of drug-likeness (QED) is 0.160. The minimum absolute atomic E-state index is 0.168. The molecule has 1 aromatic heterocycles. The van der Waals surface area contributed by atoms with Crippen LogP contribution in [0.25, 0.3) is 10.9 Å². The molecule has 0 aliphatic heterocycles. The fraction of sp³-hybridized carbons (Fsp3) is 0.294. The zero-order valence-corrected chi connectivity index (χ0v) is 23.8. The normalized spacial score (nSPS) is 13.8. The van der Waals surface area contributed by atoms with E-state index >= 15 is 0 Å². The number of benzene rings is 3. The van der Waals surface area contributed by atoms with Crippen LogP contribution in [0.1, 0.15) is 77.8 Å². The van der Waals surface area contributed by atoms with Gasteiger partial charge in [0.25, 0.3) is 5.56 Å². The molecule has 8 nitrogen and oxygen atoms in total. The van der Waals surface area contributed by atoms with E-state index in [9.17, 15) is 14.7 Å². The maximum Gasteiger partial charge on any atom is 0.335 e. The summed E-state index contributed by atoms with van der Waals surface area (Å²) >= 11 is 0. The minimum Gasteiger partial charge on any atom is -0.490 e. The minimum atomic E-state index is -0.991. The maximum absolute atomic E-state index is 13.6. The van der Waals surface area contributed by atoms with Crippen LogP contribution in [0.15, 0.2) is 83.2 Å². The first-order chi connectivity index (χ1) is 20.5. The van der Waals surface area contributed by atoms with Gasteiger partial charge in [-0.3, -0.25) is 4.79 Å². The summed E-state index contributed by atoms with van der Waals surface area (Å²) in [5, 5.41) is 14.6. The molecular weight excluding hydrogens is 530 g/mol. The standard InChI is InChI=1S/C34H35N3O5/c1-3-11-26-19-24(20-30(41-4-2)31(26)42-22-23-12-10-15-27(18-23)34(39)40)21-35-37-32(25-13-6-5-7-14-25)36-29-17-9-8-16-28(29)33(37)38/h3,8-10,12,15-21,25H,1,4-7,11,13-14,22H2,2H3,(H,39,40). The van der Waals surface area contributed by atoms with Crippen LogP contribution in [0.4, 0.5) is 0 Å². The van der Waals surface area contributed by atoms with E-state index in [-0.39, 0.29) is 23.6 Å². The maximum atomic E-state index is 13.6. The average molecular weight is 566 g/mol. The Morgan fingerprint density at radius 2 is 1.90 bits per heavy atom. The van der Waals surface area contributed by atoms with E-state index in [1.165, 1.54) is 11.1 Å². The van der Waals surface area contributed by atoms with E-state index in [1.54, 1.807) is 36.6 Å². The van der Waals surface area contributed by atoms with Gasteiger partial charge < -0.3 is 14.6 Å². The molecule has 0 unspecified atom stereocenters. The van der Waals surface area contributed by atoms with E-state index in [4.69, 9.17) is 19.6 Å². The number of carboxylic acid groups (broad SMARTS) is 1. The van der Waals surface area contributed by atoms with Crippen molar-refractivity contribution in [2.45, 2.75) is 58.0 Å². The van der Waals surface area contributed by atoms with Crippen LogP contribution in [-0.4, -0.2) is 33.6 Å². The van der Waals surface area contributed by atoms with Gasteiger partial charge in [0, 0.05) is 11.5 Å². The third-order valence-corrected chi connectivity index (χ3v) is 7.45. The molecule has 0 spiro atoms.